The Labute approximate surface area is 176 Å². The predicted octanol–water partition coefficient (Wildman–Crippen LogP) is 4.72. The first-order chi connectivity index (χ1) is 14.0. The zero-order valence-electron chi connectivity index (χ0n) is 17.1. The summed E-state index contributed by atoms with van der Waals surface area (Å²) in [5.41, 5.74) is 4.57. The lowest BCUT2D eigenvalue weighted by molar-refractivity contribution is -0.119. The van der Waals surface area contributed by atoms with E-state index in [1.165, 1.54) is 22.9 Å². The Balaban J connectivity index is 1.66. The summed E-state index contributed by atoms with van der Waals surface area (Å²) in [6, 6.07) is 16.1. The fourth-order valence-electron chi connectivity index (χ4n) is 3.02. The summed E-state index contributed by atoms with van der Waals surface area (Å²) in [6.45, 7) is 10.6. The Kier molecular flexibility index (Phi) is 6.88. The fraction of sp³-hybridized carbons (Fsp3) is 0.261. The van der Waals surface area contributed by atoms with E-state index in [1.807, 2.05) is 47.9 Å². The summed E-state index contributed by atoms with van der Waals surface area (Å²) in [5, 5.41) is 12.4. The molecule has 0 unspecified atom stereocenters. The van der Waals surface area contributed by atoms with Crippen molar-refractivity contribution >= 4 is 17.7 Å². The molecule has 1 heterocycles. The largest absolute Gasteiger partial charge is 0.349 e. The van der Waals surface area contributed by atoms with E-state index in [1.54, 1.807) is 0 Å². The number of hydrogen-bond acceptors (Lipinski definition) is 4. The van der Waals surface area contributed by atoms with Gasteiger partial charge < -0.3 is 5.32 Å². The number of amides is 1. The van der Waals surface area contributed by atoms with Gasteiger partial charge in [-0.25, -0.2) is 0 Å². The van der Waals surface area contributed by atoms with E-state index in [-0.39, 0.29) is 17.7 Å². The molecular formula is C23H26N4OS. The first kappa shape index (κ1) is 20.9. The minimum Gasteiger partial charge on any atom is -0.349 e. The van der Waals surface area contributed by atoms with Crippen LogP contribution in [0.4, 0.5) is 0 Å². The molecule has 1 N–H and O–H groups in total. The van der Waals surface area contributed by atoms with E-state index < -0.39 is 0 Å². The van der Waals surface area contributed by atoms with Gasteiger partial charge in [-0.15, -0.1) is 16.8 Å². The number of aromatic nitrogens is 3. The number of benzene rings is 2. The second-order valence-electron chi connectivity index (χ2n) is 6.99. The number of allylic oxidation sites excluding steroid dienone is 1. The van der Waals surface area contributed by atoms with Crippen LogP contribution < -0.4 is 5.32 Å². The third kappa shape index (κ3) is 5.15. The van der Waals surface area contributed by atoms with Crippen LogP contribution in [0.25, 0.3) is 11.4 Å². The van der Waals surface area contributed by atoms with Crippen LogP contribution in [-0.4, -0.2) is 26.4 Å². The number of nitrogens with one attached hydrogen (secondary N) is 1. The van der Waals surface area contributed by atoms with Gasteiger partial charge in [0, 0.05) is 12.1 Å². The molecule has 2 aromatic carbocycles. The van der Waals surface area contributed by atoms with Crippen LogP contribution in [0, 0.1) is 13.8 Å². The molecule has 0 saturated carbocycles. The zero-order chi connectivity index (χ0) is 20.8. The van der Waals surface area contributed by atoms with E-state index in [0.717, 1.165) is 17.0 Å². The highest BCUT2D eigenvalue weighted by Crippen LogP contribution is 2.24. The zero-order valence-corrected chi connectivity index (χ0v) is 17.9. The van der Waals surface area contributed by atoms with Crippen molar-refractivity contribution in [3.8, 4) is 11.4 Å². The molecule has 0 saturated heterocycles. The Morgan fingerprint density at radius 1 is 1.17 bits per heavy atom. The maximum absolute atomic E-state index is 12.5. The maximum Gasteiger partial charge on any atom is 0.230 e. The molecule has 0 bridgehead atoms. The van der Waals surface area contributed by atoms with E-state index in [4.69, 9.17) is 0 Å². The molecule has 0 aliphatic rings. The van der Waals surface area contributed by atoms with Crippen molar-refractivity contribution in [3.05, 3.63) is 77.9 Å². The first-order valence-electron chi connectivity index (χ1n) is 9.58. The summed E-state index contributed by atoms with van der Waals surface area (Å²) in [7, 11) is 0. The average Bonchev–Trinajstić information content (AvgIpc) is 3.12. The van der Waals surface area contributed by atoms with Crippen molar-refractivity contribution in [2.24, 2.45) is 0 Å². The third-order valence-corrected chi connectivity index (χ3v) is 5.77. The number of rotatable bonds is 8. The molecule has 0 aliphatic heterocycles. The minimum absolute atomic E-state index is 0.0323. The second kappa shape index (κ2) is 9.56. The maximum atomic E-state index is 12.5. The van der Waals surface area contributed by atoms with Crippen molar-refractivity contribution < 1.29 is 4.79 Å². The molecule has 0 radical (unpaired) electrons. The molecule has 0 fully saturated rings. The molecular weight excluding hydrogens is 380 g/mol. The van der Waals surface area contributed by atoms with Crippen LogP contribution in [-0.2, 0) is 11.3 Å². The highest BCUT2D eigenvalue weighted by molar-refractivity contribution is 7.99. The minimum atomic E-state index is -0.0478. The van der Waals surface area contributed by atoms with Gasteiger partial charge in [0.25, 0.3) is 0 Å². The van der Waals surface area contributed by atoms with Gasteiger partial charge in [0.2, 0.25) is 5.91 Å². The van der Waals surface area contributed by atoms with Gasteiger partial charge in [-0.1, -0.05) is 66.4 Å². The summed E-state index contributed by atoms with van der Waals surface area (Å²) in [6.07, 6.45) is 1.81. The second-order valence-corrected chi connectivity index (χ2v) is 7.94. The molecule has 3 rings (SSSR count). The number of hydrogen-bond donors (Lipinski definition) is 1. The molecule has 29 heavy (non-hydrogen) atoms. The lowest BCUT2D eigenvalue weighted by atomic mass is 10.0. The summed E-state index contributed by atoms with van der Waals surface area (Å²) >= 11 is 1.38. The Bertz CT molecular complexity index is 997. The molecule has 1 amide bonds. The van der Waals surface area contributed by atoms with Crippen molar-refractivity contribution in [2.75, 3.05) is 5.75 Å². The van der Waals surface area contributed by atoms with Gasteiger partial charge in [-0.3, -0.25) is 9.36 Å². The van der Waals surface area contributed by atoms with Crippen LogP contribution in [0.15, 0.2) is 66.3 Å². The van der Waals surface area contributed by atoms with Crippen LogP contribution >= 0.6 is 11.8 Å². The summed E-state index contributed by atoms with van der Waals surface area (Å²) in [5.74, 6) is 1.02. The van der Waals surface area contributed by atoms with Crippen LogP contribution in [0.2, 0.25) is 0 Å². The number of carbonyl (C=O) groups is 1. The lowest BCUT2D eigenvalue weighted by Gasteiger charge is -2.15. The van der Waals surface area contributed by atoms with E-state index in [2.05, 4.69) is 54.1 Å². The molecule has 1 aromatic heterocycles. The smallest absolute Gasteiger partial charge is 0.230 e. The van der Waals surface area contributed by atoms with Gasteiger partial charge in [0.1, 0.15) is 0 Å². The number of carbonyl (C=O) groups excluding carboxylic acids is 1. The fourth-order valence-corrected chi connectivity index (χ4v) is 3.78. The van der Waals surface area contributed by atoms with E-state index in [9.17, 15) is 4.79 Å². The van der Waals surface area contributed by atoms with Crippen molar-refractivity contribution in [1.29, 1.82) is 0 Å². The van der Waals surface area contributed by atoms with Gasteiger partial charge >= 0.3 is 0 Å². The molecule has 0 aliphatic carbocycles. The van der Waals surface area contributed by atoms with Crippen LogP contribution in [0.5, 0.6) is 0 Å². The molecule has 150 valence electrons. The predicted molar refractivity (Wildman–Crippen MR) is 119 cm³/mol. The SMILES string of the molecule is C=CCn1c(SCC(=O)N[C@H](C)c2ccc(C)c(C)c2)nnc1-c1ccccc1. The Morgan fingerprint density at radius 2 is 1.93 bits per heavy atom. The summed E-state index contributed by atoms with van der Waals surface area (Å²) < 4.78 is 1.98. The standard InChI is InChI=1S/C23H26N4OS/c1-5-13-27-22(19-9-7-6-8-10-19)25-26-23(27)29-15-21(28)24-18(4)20-12-11-16(2)17(3)14-20/h5-12,14,18H,1,13,15H2,2-4H3,(H,24,28)/t18-/m1/s1. The van der Waals surface area contributed by atoms with Gasteiger partial charge in [0.15, 0.2) is 11.0 Å². The molecule has 5 nitrogen and oxygen atoms in total. The highest BCUT2D eigenvalue weighted by atomic mass is 32.2. The Morgan fingerprint density at radius 3 is 2.62 bits per heavy atom. The van der Waals surface area contributed by atoms with E-state index in [0.29, 0.717) is 11.7 Å². The lowest BCUT2D eigenvalue weighted by Crippen LogP contribution is -2.28. The third-order valence-electron chi connectivity index (χ3n) is 4.80. The molecule has 1 atom stereocenters. The number of aryl methyl sites for hydroxylation is 2. The first-order valence-corrected chi connectivity index (χ1v) is 10.6. The normalized spacial score (nSPS) is 11.8. The number of thioether (sulfide) groups is 1. The van der Waals surface area contributed by atoms with Crippen molar-refractivity contribution in [3.63, 3.8) is 0 Å². The van der Waals surface area contributed by atoms with Crippen LogP contribution in [0.3, 0.4) is 0 Å². The molecule has 6 heteroatoms. The summed E-state index contributed by atoms with van der Waals surface area (Å²) in [4.78, 5) is 12.5. The average molecular weight is 407 g/mol. The van der Waals surface area contributed by atoms with Gasteiger partial charge in [-0.05, 0) is 37.5 Å². The van der Waals surface area contributed by atoms with Crippen molar-refractivity contribution in [1.82, 2.24) is 20.1 Å². The monoisotopic (exact) mass is 406 g/mol. The molecule has 0 spiro atoms. The topological polar surface area (TPSA) is 59.8 Å². The van der Waals surface area contributed by atoms with Gasteiger partial charge in [0.05, 0.1) is 11.8 Å². The molecule has 3 aromatic rings. The van der Waals surface area contributed by atoms with Crippen molar-refractivity contribution in [2.45, 2.75) is 38.5 Å². The van der Waals surface area contributed by atoms with E-state index >= 15 is 0 Å². The Hall–Kier alpha value is -2.86. The van der Waals surface area contributed by atoms with Gasteiger partial charge in [-0.2, -0.15) is 0 Å². The highest BCUT2D eigenvalue weighted by Gasteiger charge is 2.16. The van der Waals surface area contributed by atoms with Crippen LogP contribution in [0.1, 0.15) is 29.7 Å². The quantitative estimate of drug-likeness (QED) is 0.434. The number of nitrogens with zero attached hydrogens (tertiary/aromatic N) is 3.